The molecular formula is C11H18O5. The molecule has 0 aromatic rings. The van der Waals surface area contributed by atoms with Crippen molar-refractivity contribution in [2.24, 2.45) is 5.92 Å². The zero-order chi connectivity index (χ0) is 12.2. The molecule has 16 heavy (non-hydrogen) atoms. The lowest BCUT2D eigenvalue weighted by Gasteiger charge is -2.23. The van der Waals surface area contributed by atoms with E-state index in [9.17, 15) is 4.79 Å². The molecule has 0 aromatic heterocycles. The number of carbonyl (C=O) groups excluding carboxylic acids is 1. The molecule has 1 aliphatic heterocycles. The summed E-state index contributed by atoms with van der Waals surface area (Å²) in [6, 6.07) is 0. The highest BCUT2D eigenvalue weighted by atomic mass is 17.1. The van der Waals surface area contributed by atoms with Gasteiger partial charge >= 0.3 is 5.97 Å². The second kappa shape index (κ2) is 5.43. The lowest BCUT2D eigenvalue weighted by Crippen LogP contribution is -2.32. The van der Waals surface area contributed by atoms with Gasteiger partial charge in [-0.25, -0.2) is 14.9 Å². The highest BCUT2D eigenvalue weighted by Gasteiger charge is 2.43. The van der Waals surface area contributed by atoms with Gasteiger partial charge in [-0.3, -0.25) is 0 Å². The van der Waals surface area contributed by atoms with Gasteiger partial charge in [-0.15, -0.1) is 0 Å². The average molecular weight is 230 g/mol. The van der Waals surface area contributed by atoms with Gasteiger partial charge in [0.05, 0.1) is 12.7 Å². The first-order chi connectivity index (χ1) is 7.51. The van der Waals surface area contributed by atoms with Crippen LogP contribution in [0.5, 0.6) is 0 Å². The molecule has 5 nitrogen and oxygen atoms in total. The highest BCUT2D eigenvalue weighted by Crippen LogP contribution is 2.36. The third kappa shape index (κ3) is 3.04. The first-order valence-electron chi connectivity index (χ1n) is 5.37. The molecule has 1 rings (SSSR count). The summed E-state index contributed by atoms with van der Waals surface area (Å²) < 4.78 is 10.2. The fraction of sp³-hybridized carbons (Fsp3) is 0.727. The number of ether oxygens (including phenoxy) is 2. The van der Waals surface area contributed by atoms with Crippen LogP contribution >= 0.6 is 0 Å². The fourth-order valence-electron chi connectivity index (χ4n) is 1.63. The minimum absolute atomic E-state index is 0.0503. The van der Waals surface area contributed by atoms with Crippen molar-refractivity contribution in [3.8, 4) is 0 Å². The Morgan fingerprint density at radius 1 is 1.69 bits per heavy atom. The van der Waals surface area contributed by atoms with Crippen LogP contribution in [0.1, 0.15) is 27.2 Å². The number of rotatable bonds is 4. The van der Waals surface area contributed by atoms with Gasteiger partial charge in [-0.2, -0.15) is 0 Å². The summed E-state index contributed by atoms with van der Waals surface area (Å²) in [5.41, 5.74) is 0. The molecule has 0 saturated carbocycles. The fourth-order valence-corrected chi connectivity index (χ4v) is 1.63. The monoisotopic (exact) mass is 230 g/mol. The van der Waals surface area contributed by atoms with Gasteiger partial charge in [0, 0.05) is 12.0 Å². The minimum atomic E-state index is -0.996. The van der Waals surface area contributed by atoms with Crippen molar-refractivity contribution in [2.45, 2.75) is 39.1 Å². The van der Waals surface area contributed by atoms with Crippen LogP contribution < -0.4 is 0 Å². The predicted octanol–water partition coefficient (Wildman–Crippen LogP) is 1.74. The Hall–Kier alpha value is -0.910. The number of esters is 1. The van der Waals surface area contributed by atoms with Gasteiger partial charge in [-0.05, 0) is 26.3 Å². The second-order valence-corrected chi connectivity index (χ2v) is 4.01. The summed E-state index contributed by atoms with van der Waals surface area (Å²) in [5, 5.41) is 8.73. The molecule has 3 unspecified atom stereocenters. The Morgan fingerprint density at radius 2 is 2.38 bits per heavy atom. The van der Waals surface area contributed by atoms with Crippen molar-refractivity contribution in [2.75, 3.05) is 6.61 Å². The molecule has 0 aliphatic carbocycles. The SMILES string of the molecule is CCOC(=O)/C=C/C1CC(C)C(C)(OO)O1. The summed E-state index contributed by atoms with van der Waals surface area (Å²) in [5.74, 6) is -1.34. The van der Waals surface area contributed by atoms with E-state index >= 15 is 0 Å². The van der Waals surface area contributed by atoms with E-state index in [0.717, 1.165) is 0 Å². The molecule has 92 valence electrons. The molecule has 3 atom stereocenters. The molecule has 5 heteroatoms. The van der Waals surface area contributed by atoms with Crippen molar-refractivity contribution in [3.05, 3.63) is 12.2 Å². The van der Waals surface area contributed by atoms with Gasteiger partial charge in [0.1, 0.15) is 0 Å². The summed E-state index contributed by atoms with van der Waals surface area (Å²) >= 11 is 0. The van der Waals surface area contributed by atoms with E-state index < -0.39 is 11.8 Å². The summed E-state index contributed by atoms with van der Waals surface area (Å²) in [4.78, 5) is 15.4. The van der Waals surface area contributed by atoms with Crippen molar-refractivity contribution in [1.82, 2.24) is 0 Å². The van der Waals surface area contributed by atoms with Crippen LogP contribution in [0.4, 0.5) is 0 Å². The van der Waals surface area contributed by atoms with E-state index in [0.29, 0.717) is 13.0 Å². The molecule has 0 spiro atoms. The molecule has 0 radical (unpaired) electrons. The molecule has 1 aliphatic rings. The second-order valence-electron chi connectivity index (χ2n) is 4.01. The summed E-state index contributed by atoms with van der Waals surface area (Å²) in [6.45, 7) is 5.67. The quantitative estimate of drug-likeness (QED) is 0.345. The van der Waals surface area contributed by atoms with Crippen LogP contribution in [0.15, 0.2) is 12.2 Å². The van der Waals surface area contributed by atoms with Gasteiger partial charge in [0.15, 0.2) is 0 Å². The Balaban J connectivity index is 2.50. The van der Waals surface area contributed by atoms with Gasteiger partial charge in [0.2, 0.25) is 5.79 Å². The lowest BCUT2D eigenvalue weighted by atomic mass is 10.00. The van der Waals surface area contributed by atoms with E-state index in [1.807, 2.05) is 6.92 Å². The molecule has 0 aromatic carbocycles. The number of hydrogen-bond acceptors (Lipinski definition) is 5. The van der Waals surface area contributed by atoms with Crippen molar-refractivity contribution < 1.29 is 24.4 Å². The molecule has 1 N–H and O–H groups in total. The summed E-state index contributed by atoms with van der Waals surface area (Å²) in [7, 11) is 0. The van der Waals surface area contributed by atoms with Crippen molar-refractivity contribution in [3.63, 3.8) is 0 Å². The molecular weight excluding hydrogens is 212 g/mol. The Kier molecular flexibility index (Phi) is 4.46. The highest BCUT2D eigenvalue weighted by molar-refractivity contribution is 5.81. The number of carbonyl (C=O) groups is 1. The average Bonchev–Trinajstić information content (AvgIpc) is 2.53. The molecule has 0 bridgehead atoms. The maximum atomic E-state index is 11.1. The first kappa shape index (κ1) is 13.2. The van der Waals surface area contributed by atoms with Crippen molar-refractivity contribution >= 4 is 5.97 Å². The van der Waals surface area contributed by atoms with Gasteiger partial charge < -0.3 is 9.47 Å². The Morgan fingerprint density at radius 3 is 2.88 bits per heavy atom. The predicted molar refractivity (Wildman–Crippen MR) is 56.5 cm³/mol. The maximum Gasteiger partial charge on any atom is 0.330 e. The first-order valence-corrected chi connectivity index (χ1v) is 5.37. The van der Waals surface area contributed by atoms with Crippen molar-refractivity contribution in [1.29, 1.82) is 0 Å². The van der Waals surface area contributed by atoms with Crippen LogP contribution in [0, 0.1) is 5.92 Å². The summed E-state index contributed by atoms with van der Waals surface area (Å²) in [6.07, 6.45) is 3.41. The van der Waals surface area contributed by atoms with Crippen LogP contribution in [0.2, 0.25) is 0 Å². The van der Waals surface area contributed by atoms with E-state index in [-0.39, 0.29) is 12.0 Å². The maximum absolute atomic E-state index is 11.1. The Labute approximate surface area is 94.9 Å². The minimum Gasteiger partial charge on any atom is -0.463 e. The van der Waals surface area contributed by atoms with Crippen LogP contribution in [0.3, 0.4) is 0 Å². The molecule has 1 heterocycles. The molecule has 1 fully saturated rings. The third-order valence-corrected chi connectivity index (χ3v) is 2.78. The third-order valence-electron chi connectivity index (χ3n) is 2.78. The van der Waals surface area contributed by atoms with E-state index in [1.54, 1.807) is 19.9 Å². The molecule has 0 amide bonds. The zero-order valence-electron chi connectivity index (χ0n) is 9.80. The lowest BCUT2D eigenvalue weighted by molar-refractivity contribution is -0.399. The van der Waals surface area contributed by atoms with Gasteiger partial charge in [0.25, 0.3) is 0 Å². The van der Waals surface area contributed by atoms with E-state index in [2.05, 4.69) is 4.89 Å². The van der Waals surface area contributed by atoms with E-state index in [4.69, 9.17) is 14.7 Å². The Bertz CT molecular complexity index is 276. The van der Waals surface area contributed by atoms with Crippen LogP contribution in [-0.2, 0) is 19.2 Å². The zero-order valence-corrected chi connectivity index (χ0v) is 9.80. The topological polar surface area (TPSA) is 65.0 Å². The normalized spacial score (nSPS) is 34.5. The largest absolute Gasteiger partial charge is 0.463 e. The van der Waals surface area contributed by atoms with E-state index in [1.165, 1.54) is 6.08 Å². The standard InChI is InChI=1S/C11H18O5/c1-4-14-10(12)6-5-9-7-8(2)11(3,15-9)16-13/h5-6,8-9,13H,4,7H2,1-3H3/b6-5+. The number of hydrogen-bond donors (Lipinski definition) is 1. The van der Waals surface area contributed by atoms with Crippen LogP contribution in [0.25, 0.3) is 0 Å². The van der Waals surface area contributed by atoms with Gasteiger partial charge in [-0.1, -0.05) is 6.92 Å². The van der Waals surface area contributed by atoms with Crippen LogP contribution in [-0.4, -0.2) is 29.7 Å². The molecule has 1 saturated heterocycles. The smallest absolute Gasteiger partial charge is 0.330 e.